The van der Waals surface area contributed by atoms with E-state index in [4.69, 9.17) is 5.26 Å². The molecule has 3 fully saturated rings. The first-order valence-corrected chi connectivity index (χ1v) is 8.99. The van der Waals surface area contributed by atoms with Gasteiger partial charge in [-0.05, 0) is 63.7 Å². The molecule has 2 bridgehead atoms. The molecule has 0 aromatic heterocycles. The van der Waals surface area contributed by atoms with Crippen molar-refractivity contribution in [2.24, 2.45) is 11.8 Å². The molecule has 2 N–H and O–H groups in total. The third-order valence-electron chi connectivity index (χ3n) is 5.98. The van der Waals surface area contributed by atoms with Gasteiger partial charge in [0.2, 0.25) is 5.91 Å². The highest BCUT2D eigenvalue weighted by Gasteiger charge is 2.48. The molecule has 5 nitrogen and oxygen atoms in total. The molecule has 1 saturated heterocycles. The van der Waals surface area contributed by atoms with E-state index in [1.807, 2.05) is 0 Å². The second-order valence-corrected chi connectivity index (χ2v) is 8.51. The molecule has 2 aliphatic carbocycles. The van der Waals surface area contributed by atoms with Crippen LogP contribution in [-0.4, -0.2) is 46.2 Å². The van der Waals surface area contributed by atoms with Crippen molar-refractivity contribution in [3.05, 3.63) is 0 Å². The van der Waals surface area contributed by atoms with Gasteiger partial charge in [-0.3, -0.25) is 4.79 Å². The third-order valence-corrected chi connectivity index (χ3v) is 5.98. The van der Waals surface area contributed by atoms with Crippen LogP contribution in [0.15, 0.2) is 0 Å². The molecule has 23 heavy (non-hydrogen) atoms. The molecule has 5 heteroatoms. The van der Waals surface area contributed by atoms with E-state index >= 15 is 0 Å². The zero-order valence-corrected chi connectivity index (χ0v) is 14.3. The SMILES string of the molecule is CC1CC2CC(O)(C1)CC(C)(NCC(=O)N1CCCC1C#N)C2. The van der Waals surface area contributed by atoms with Gasteiger partial charge in [-0.25, -0.2) is 0 Å². The van der Waals surface area contributed by atoms with Crippen LogP contribution in [0.3, 0.4) is 0 Å². The predicted molar refractivity (Wildman–Crippen MR) is 87.4 cm³/mol. The van der Waals surface area contributed by atoms with Crippen molar-refractivity contribution in [3.8, 4) is 6.07 Å². The van der Waals surface area contributed by atoms with Gasteiger partial charge >= 0.3 is 0 Å². The number of hydrogen-bond donors (Lipinski definition) is 2. The number of nitrogens with zero attached hydrogens (tertiary/aromatic N) is 2. The van der Waals surface area contributed by atoms with Crippen LogP contribution in [0.2, 0.25) is 0 Å². The lowest BCUT2D eigenvalue weighted by Crippen LogP contribution is -2.58. The molecule has 5 atom stereocenters. The summed E-state index contributed by atoms with van der Waals surface area (Å²) in [6.07, 6.45) is 6.41. The highest BCUT2D eigenvalue weighted by molar-refractivity contribution is 5.79. The van der Waals surface area contributed by atoms with Crippen LogP contribution in [0.5, 0.6) is 0 Å². The molecular weight excluding hydrogens is 290 g/mol. The Bertz CT molecular complexity index is 513. The highest BCUT2D eigenvalue weighted by atomic mass is 16.3. The summed E-state index contributed by atoms with van der Waals surface area (Å²) in [4.78, 5) is 14.1. The van der Waals surface area contributed by atoms with Crippen LogP contribution in [0.4, 0.5) is 0 Å². The van der Waals surface area contributed by atoms with Gasteiger partial charge in [-0.15, -0.1) is 0 Å². The Balaban J connectivity index is 1.59. The molecular formula is C18H29N3O2. The minimum atomic E-state index is -0.575. The first-order valence-electron chi connectivity index (χ1n) is 8.99. The number of nitrogens with one attached hydrogen (secondary N) is 1. The van der Waals surface area contributed by atoms with Gasteiger partial charge in [-0.1, -0.05) is 6.92 Å². The number of carbonyl (C=O) groups excluding carboxylic acids is 1. The molecule has 128 valence electrons. The lowest BCUT2D eigenvalue weighted by atomic mass is 9.60. The molecule has 0 spiro atoms. The highest BCUT2D eigenvalue weighted by Crippen LogP contribution is 2.48. The fourth-order valence-electron chi connectivity index (χ4n) is 5.47. The van der Waals surface area contributed by atoms with Crippen molar-refractivity contribution in [3.63, 3.8) is 0 Å². The maximum absolute atomic E-state index is 12.4. The summed E-state index contributed by atoms with van der Waals surface area (Å²) in [6.45, 7) is 5.33. The van der Waals surface area contributed by atoms with Crippen molar-refractivity contribution < 1.29 is 9.90 Å². The van der Waals surface area contributed by atoms with Crippen LogP contribution in [0, 0.1) is 23.2 Å². The quantitative estimate of drug-likeness (QED) is 0.832. The zero-order valence-electron chi connectivity index (χ0n) is 14.3. The fraction of sp³-hybridized carbons (Fsp3) is 0.889. The van der Waals surface area contributed by atoms with Crippen LogP contribution in [0.1, 0.15) is 58.8 Å². The van der Waals surface area contributed by atoms with Gasteiger partial charge in [-0.2, -0.15) is 5.26 Å². The Morgan fingerprint density at radius 2 is 2.22 bits per heavy atom. The van der Waals surface area contributed by atoms with Crippen molar-refractivity contribution in [1.29, 1.82) is 5.26 Å². The van der Waals surface area contributed by atoms with Gasteiger partial charge in [0, 0.05) is 12.1 Å². The first kappa shape index (κ1) is 16.7. The van der Waals surface area contributed by atoms with E-state index < -0.39 is 5.60 Å². The van der Waals surface area contributed by atoms with E-state index in [0.29, 0.717) is 18.4 Å². The average Bonchev–Trinajstić information content (AvgIpc) is 2.90. The molecule has 1 heterocycles. The molecule has 1 amide bonds. The molecule has 0 aromatic rings. The number of aliphatic hydroxyl groups is 1. The molecule has 0 radical (unpaired) electrons. The van der Waals surface area contributed by atoms with Gasteiger partial charge in [0.05, 0.1) is 18.2 Å². The number of nitriles is 1. The summed E-state index contributed by atoms with van der Waals surface area (Å²) in [7, 11) is 0. The standard InChI is InChI=1S/C18H29N3O2/c1-13-6-14-8-17(2,12-18(23,7-13)9-14)20-11-16(22)21-5-3-4-15(21)10-19/h13-15,20,23H,3-9,11-12H2,1-2H3. The summed E-state index contributed by atoms with van der Waals surface area (Å²) in [6, 6.07) is 1.97. The lowest BCUT2D eigenvalue weighted by Gasteiger charge is -2.52. The van der Waals surface area contributed by atoms with Crippen LogP contribution < -0.4 is 5.32 Å². The number of rotatable bonds is 3. The molecule has 5 unspecified atom stereocenters. The van der Waals surface area contributed by atoms with E-state index in [2.05, 4.69) is 25.2 Å². The van der Waals surface area contributed by atoms with Crippen LogP contribution >= 0.6 is 0 Å². The topological polar surface area (TPSA) is 76.4 Å². The Morgan fingerprint density at radius 1 is 1.43 bits per heavy atom. The summed E-state index contributed by atoms with van der Waals surface area (Å²) < 4.78 is 0. The minimum Gasteiger partial charge on any atom is -0.390 e. The van der Waals surface area contributed by atoms with E-state index in [1.54, 1.807) is 4.90 Å². The summed E-state index contributed by atoms with van der Waals surface area (Å²) >= 11 is 0. The lowest BCUT2D eigenvalue weighted by molar-refractivity contribution is -0.132. The van der Waals surface area contributed by atoms with Gasteiger partial charge in [0.25, 0.3) is 0 Å². The number of hydrogen-bond acceptors (Lipinski definition) is 4. The number of carbonyl (C=O) groups is 1. The molecule has 0 aromatic carbocycles. The monoisotopic (exact) mass is 319 g/mol. The van der Waals surface area contributed by atoms with Gasteiger partial charge in [0.1, 0.15) is 6.04 Å². The summed E-state index contributed by atoms with van der Waals surface area (Å²) in [5.74, 6) is 1.15. The van der Waals surface area contributed by atoms with E-state index in [-0.39, 0.29) is 24.0 Å². The number of fused-ring (bicyclic) bond motifs is 2. The second kappa shape index (κ2) is 6.07. The van der Waals surface area contributed by atoms with Gasteiger partial charge in [0.15, 0.2) is 0 Å². The molecule has 1 aliphatic heterocycles. The smallest absolute Gasteiger partial charge is 0.237 e. The minimum absolute atomic E-state index is 0.0198. The summed E-state index contributed by atoms with van der Waals surface area (Å²) in [5, 5.41) is 23.4. The van der Waals surface area contributed by atoms with Crippen molar-refractivity contribution >= 4 is 5.91 Å². The normalized spacial score (nSPS) is 43.2. The first-order chi connectivity index (χ1) is 10.8. The van der Waals surface area contributed by atoms with Gasteiger partial charge < -0.3 is 15.3 Å². The Hall–Kier alpha value is -1.12. The Kier molecular flexibility index (Phi) is 4.41. The number of amides is 1. The molecule has 3 rings (SSSR count). The fourth-order valence-corrected chi connectivity index (χ4v) is 5.47. The summed E-state index contributed by atoms with van der Waals surface area (Å²) in [5.41, 5.74) is -0.760. The van der Waals surface area contributed by atoms with E-state index in [0.717, 1.165) is 38.5 Å². The average molecular weight is 319 g/mol. The Labute approximate surface area is 139 Å². The second-order valence-electron chi connectivity index (χ2n) is 8.51. The zero-order chi connectivity index (χ0) is 16.7. The molecule has 2 saturated carbocycles. The Morgan fingerprint density at radius 3 is 2.91 bits per heavy atom. The third kappa shape index (κ3) is 3.54. The van der Waals surface area contributed by atoms with Crippen molar-refractivity contribution in [2.75, 3.05) is 13.1 Å². The van der Waals surface area contributed by atoms with E-state index in [9.17, 15) is 9.90 Å². The predicted octanol–water partition coefficient (Wildman–Crippen LogP) is 1.81. The largest absolute Gasteiger partial charge is 0.390 e. The molecule has 3 aliphatic rings. The van der Waals surface area contributed by atoms with Crippen LogP contribution in [-0.2, 0) is 4.79 Å². The maximum Gasteiger partial charge on any atom is 0.237 e. The van der Waals surface area contributed by atoms with E-state index in [1.165, 1.54) is 6.42 Å². The van der Waals surface area contributed by atoms with Crippen molar-refractivity contribution in [1.82, 2.24) is 10.2 Å². The van der Waals surface area contributed by atoms with Crippen molar-refractivity contribution in [2.45, 2.75) is 76.0 Å². The van der Waals surface area contributed by atoms with Crippen LogP contribution in [0.25, 0.3) is 0 Å². The number of likely N-dealkylation sites (tertiary alicyclic amines) is 1. The maximum atomic E-state index is 12.4.